The van der Waals surface area contributed by atoms with E-state index in [4.69, 9.17) is 10.2 Å². The highest BCUT2D eigenvalue weighted by Crippen LogP contribution is 2.04. The van der Waals surface area contributed by atoms with E-state index < -0.39 is 0 Å². The maximum atomic E-state index is 10.3. The molecule has 1 heterocycles. The van der Waals surface area contributed by atoms with Crippen LogP contribution in [-0.4, -0.2) is 5.91 Å². The highest BCUT2D eigenvalue weighted by atomic mass is 16.3. The zero-order valence-corrected chi connectivity index (χ0v) is 6.25. The van der Waals surface area contributed by atoms with Crippen LogP contribution in [0.25, 0.3) is 0 Å². The third kappa shape index (κ3) is 2.89. The van der Waals surface area contributed by atoms with Crippen LogP contribution >= 0.6 is 0 Å². The number of aryl methyl sites for hydroxylation is 1. The smallest absolute Gasteiger partial charge is 0.217 e. The average Bonchev–Trinajstić information content (AvgIpc) is 2.39. The molecule has 0 fully saturated rings. The normalized spacial score (nSPS) is 9.82. The van der Waals surface area contributed by atoms with E-state index in [-0.39, 0.29) is 5.91 Å². The molecule has 0 aliphatic rings. The molecule has 0 saturated carbocycles. The Balaban J connectivity index is 2.19. The fraction of sp³-hybridized carbons (Fsp3) is 0.375. The number of hydrogen-bond donors (Lipinski definition) is 1. The number of furan rings is 1. The fourth-order valence-electron chi connectivity index (χ4n) is 0.902. The minimum atomic E-state index is -0.242. The van der Waals surface area contributed by atoms with Gasteiger partial charge in [-0.2, -0.15) is 0 Å². The van der Waals surface area contributed by atoms with Crippen molar-refractivity contribution in [2.45, 2.75) is 19.3 Å². The van der Waals surface area contributed by atoms with Crippen LogP contribution in [-0.2, 0) is 11.2 Å². The van der Waals surface area contributed by atoms with Crippen molar-refractivity contribution in [3.63, 3.8) is 0 Å². The Morgan fingerprint density at radius 1 is 1.64 bits per heavy atom. The van der Waals surface area contributed by atoms with E-state index in [1.165, 1.54) is 0 Å². The van der Waals surface area contributed by atoms with Gasteiger partial charge in [0.2, 0.25) is 5.91 Å². The molecule has 1 rings (SSSR count). The maximum Gasteiger partial charge on any atom is 0.217 e. The summed E-state index contributed by atoms with van der Waals surface area (Å²) < 4.78 is 4.86. The predicted molar refractivity (Wildman–Crippen MR) is 40.8 cm³/mol. The van der Waals surface area contributed by atoms with Crippen LogP contribution in [0.1, 0.15) is 18.4 Å². The molecule has 11 heavy (non-hydrogen) atoms. The Bertz CT molecular complexity index is 216. The molecule has 0 saturated heterocycles. The number of amides is 1. The van der Waals surface area contributed by atoms with Crippen molar-refractivity contribution >= 4 is 5.91 Å². The molecule has 0 radical (unpaired) electrons. The van der Waals surface area contributed by atoms with Crippen LogP contribution in [0.3, 0.4) is 0 Å². The zero-order valence-electron chi connectivity index (χ0n) is 6.25. The Labute approximate surface area is 65.2 Å². The van der Waals surface area contributed by atoms with E-state index in [2.05, 4.69) is 0 Å². The van der Waals surface area contributed by atoms with E-state index in [0.717, 1.165) is 18.4 Å². The van der Waals surface area contributed by atoms with Gasteiger partial charge in [0.1, 0.15) is 0 Å². The van der Waals surface area contributed by atoms with Crippen LogP contribution in [0.15, 0.2) is 23.0 Å². The van der Waals surface area contributed by atoms with E-state index >= 15 is 0 Å². The molecule has 0 aliphatic heterocycles. The minimum Gasteiger partial charge on any atom is -0.472 e. The molecule has 0 spiro atoms. The van der Waals surface area contributed by atoms with E-state index in [1.54, 1.807) is 12.5 Å². The van der Waals surface area contributed by atoms with Gasteiger partial charge in [0.15, 0.2) is 0 Å². The van der Waals surface area contributed by atoms with Gasteiger partial charge in [-0.05, 0) is 24.5 Å². The number of carbonyl (C=O) groups excluding carboxylic acids is 1. The second-order valence-electron chi connectivity index (χ2n) is 2.45. The number of carbonyl (C=O) groups is 1. The van der Waals surface area contributed by atoms with Crippen molar-refractivity contribution in [3.05, 3.63) is 24.2 Å². The van der Waals surface area contributed by atoms with Crippen LogP contribution in [0, 0.1) is 0 Å². The molecule has 1 aromatic heterocycles. The van der Waals surface area contributed by atoms with E-state index in [9.17, 15) is 4.79 Å². The summed E-state index contributed by atoms with van der Waals surface area (Å²) in [6.07, 6.45) is 5.42. The molecule has 0 bridgehead atoms. The summed E-state index contributed by atoms with van der Waals surface area (Å²) in [5.74, 6) is -0.242. The molecular formula is C8H11NO2. The van der Waals surface area contributed by atoms with Crippen molar-refractivity contribution < 1.29 is 9.21 Å². The van der Waals surface area contributed by atoms with Gasteiger partial charge >= 0.3 is 0 Å². The molecule has 0 aliphatic carbocycles. The van der Waals surface area contributed by atoms with Gasteiger partial charge in [-0.3, -0.25) is 4.79 Å². The first kappa shape index (κ1) is 7.85. The maximum absolute atomic E-state index is 10.3. The van der Waals surface area contributed by atoms with Crippen molar-refractivity contribution in [2.24, 2.45) is 5.73 Å². The number of hydrogen-bond acceptors (Lipinski definition) is 2. The predicted octanol–water partition coefficient (Wildman–Crippen LogP) is 1.09. The van der Waals surface area contributed by atoms with E-state index in [0.29, 0.717) is 6.42 Å². The third-order valence-corrected chi connectivity index (χ3v) is 1.47. The lowest BCUT2D eigenvalue weighted by molar-refractivity contribution is -0.118. The largest absolute Gasteiger partial charge is 0.472 e. The summed E-state index contributed by atoms with van der Waals surface area (Å²) in [5, 5.41) is 0. The van der Waals surface area contributed by atoms with Gasteiger partial charge in [0.25, 0.3) is 0 Å². The van der Waals surface area contributed by atoms with Crippen LogP contribution < -0.4 is 5.73 Å². The zero-order chi connectivity index (χ0) is 8.10. The summed E-state index contributed by atoms with van der Waals surface area (Å²) in [5.41, 5.74) is 6.09. The van der Waals surface area contributed by atoms with Gasteiger partial charge in [-0.1, -0.05) is 0 Å². The summed E-state index contributed by atoms with van der Waals surface area (Å²) in [6, 6.07) is 1.89. The summed E-state index contributed by atoms with van der Waals surface area (Å²) in [4.78, 5) is 10.3. The summed E-state index contributed by atoms with van der Waals surface area (Å²) in [7, 11) is 0. The summed E-state index contributed by atoms with van der Waals surface area (Å²) in [6.45, 7) is 0. The van der Waals surface area contributed by atoms with Crippen LogP contribution in [0.4, 0.5) is 0 Å². The molecule has 0 unspecified atom stereocenters. The molecule has 1 aromatic rings. The quantitative estimate of drug-likeness (QED) is 0.703. The molecule has 0 aromatic carbocycles. The first-order chi connectivity index (χ1) is 5.29. The van der Waals surface area contributed by atoms with Crippen molar-refractivity contribution in [3.8, 4) is 0 Å². The van der Waals surface area contributed by atoms with E-state index in [1.807, 2.05) is 6.07 Å². The molecule has 1 amide bonds. The highest BCUT2D eigenvalue weighted by molar-refractivity contribution is 5.73. The van der Waals surface area contributed by atoms with Crippen LogP contribution in [0.5, 0.6) is 0 Å². The lowest BCUT2D eigenvalue weighted by Gasteiger charge is -1.92. The lowest BCUT2D eigenvalue weighted by Crippen LogP contribution is -2.09. The standard InChI is InChI=1S/C8H11NO2/c9-8(10)3-1-2-7-4-5-11-6-7/h4-6H,1-3H2,(H2,9,10). The Morgan fingerprint density at radius 3 is 3.00 bits per heavy atom. The lowest BCUT2D eigenvalue weighted by atomic mass is 10.1. The van der Waals surface area contributed by atoms with Gasteiger partial charge in [-0.25, -0.2) is 0 Å². The molecular weight excluding hydrogens is 142 g/mol. The van der Waals surface area contributed by atoms with Gasteiger partial charge in [0, 0.05) is 6.42 Å². The van der Waals surface area contributed by atoms with Crippen molar-refractivity contribution in [1.82, 2.24) is 0 Å². The van der Waals surface area contributed by atoms with Crippen molar-refractivity contribution in [2.75, 3.05) is 0 Å². The Kier molecular flexibility index (Phi) is 2.72. The SMILES string of the molecule is NC(=O)CCCc1ccoc1. The third-order valence-electron chi connectivity index (χ3n) is 1.47. The average molecular weight is 153 g/mol. The highest BCUT2D eigenvalue weighted by Gasteiger charge is 1.96. The Morgan fingerprint density at radius 2 is 2.45 bits per heavy atom. The number of nitrogens with two attached hydrogens (primary N) is 1. The van der Waals surface area contributed by atoms with Gasteiger partial charge in [0.05, 0.1) is 12.5 Å². The topological polar surface area (TPSA) is 56.2 Å². The Hall–Kier alpha value is -1.25. The molecule has 3 nitrogen and oxygen atoms in total. The number of rotatable bonds is 4. The fourth-order valence-corrected chi connectivity index (χ4v) is 0.902. The molecule has 60 valence electrons. The second-order valence-corrected chi connectivity index (χ2v) is 2.45. The summed E-state index contributed by atoms with van der Waals surface area (Å²) >= 11 is 0. The molecule has 2 N–H and O–H groups in total. The molecule has 0 atom stereocenters. The van der Waals surface area contributed by atoms with Gasteiger partial charge < -0.3 is 10.2 Å². The molecule has 3 heteroatoms. The van der Waals surface area contributed by atoms with Gasteiger partial charge in [-0.15, -0.1) is 0 Å². The van der Waals surface area contributed by atoms with Crippen LogP contribution in [0.2, 0.25) is 0 Å². The van der Waals surface area contributed by atoms with Crippen molar-refractivity contribution in [1.29, 1.82) is 0 Å². The minimum absolute atomic E-state index is 0.242. The number of primary amides is 1. The monoisotopic (exact) mass is 153 g/mol. The first-order valence-corrected chi connectivity index (χ1v) is 3.58. The second kappa shape index (κ2) is 3.81. The first-order valence-electron chi connectivity index (χ1n) is 3.58.